The van der Waals surface area contributed by atoms with Crippen molar-refractivity contribution in [1.29, 1.82) is 0 Å². The van der Waals surface area contributed by atoms with Crippen molar-refractivity contribution in [2.45, 2.75) is 38.7 Å². The van der Waals surface area contributed by atoms with Crippen LogP contribution in [0, 0.1) is 11.6 Å². The highest BCUT2D eigenvalue weighted by molar-refractivity contribution is 5.68. The van der Waals surface area contributed by atoms with E-state index in [0.29, 0.717) is 18.5 Å². The Morgan fingerprint density at radius 3 is 2.39 bits per heavy atom. The van der Waals surface area contributed by atoms with Crippen molar-refractivity contribution in [1.82, 2.24) is 4.98 Å². The van der Waals surface area contributed by atoms with E-state index in [-0.39, 0.29) is 17.2 Å². The Kier molecular flexibility index (Phi) is 7.85. The van der Waals surface area contributed by atoms with Gasteiger partial charge in [-0.05, 0) is 55.9 Å². The normalized spacial score (nSPS) is 12.3. The molecule has 160 valence electrons. The number of aliphatic hydroxyl groups is 1. The summed E-state index contributed by atoms with van der Waals surface area (Å²) < 4.78 is 29.2. The molecule has 0 radical (unpaired) electrons. The summed E-state index contributed by atoms with van der Waals surface area (Å²) in [6.07, 6.45) is 9.55. The molecule has 1 atom stereocenters. The Hall–Kier alpha value is -3.11. The molecule has 0 aliphatic heterocycles. The Morgan fingerprint density at radius 2 is 1.74 bits per heavy atom. The zero-order valence-electron chi connectivity index (χ0n) is 17.7. The van der Waals surface area contributed by atoms with Gasteiger partial charge in [0, 0.05) is 22.9 Å². The second-order valence-electron chi connectivity index (χ2n) is 7.63. The van der Waals surface area contributed by atoms with Gasteiger partial charge in [-0.1, -0.05) is 54.6 Å². The fourth-order valence-corrected chi connectivity index (χ4v) is 3.36. The maximum atomic E-state index is 14.7. The summed E-state index contributed by atoms with van der Waals surface area (Å²) in [6.45, 7) is 5.48. The third kappa shape index (κ3) is 5.96. The lowest BCUT2D eigenvalue weighted by atomic mass is 10.0. The Balaban J connectivity index is 1.74. The van der Waals surface area contributed by atoms with E-state index in [4.69, 9.17) is 0 Å². The summed E-state index contributed by atoms with van der Waals surface area (Å²) in [5, 5.41) is 9.26. The van der Waals surface area contributed by atoms with Crippen LogP contribution < -0.4 is 0 Å². The number of allylic oxidation sites excluding steroid dienone is 2. The van der Waals surface area contributed by atoms with E-state index in [1.165, 1.54) is 5.56 Å². The van der Waals surface area contributed by atoms with E-state index >= 15 is 0 Å². The predicted octanol–water partition coefficient (Wildman–Crippen LogP) is 6.99. The molecule has 0 saturated heterocycles. The number of rotatable bonds is 9. The van der Waals surface area contributed by atoms with Gasteiger partial charge in [-0.2, -0.15) is 0 Å². The first kappa shape index (κ1) is 22.6. The highest BCUT2D eigenvalue weighted by Crippen LogP contribution is 2.28. The molecule has 1 aromatic heterocycles. The van der Waals surface area contributed by atoms with E-state index in [9.17, 15) is 13.9 Å². The second kappa shape index (κ2) is 10.8. The maximum Gasteiger partial charge on any atom is 0.168 e. The molecule has 2 aromatic carbocycles. The van der Waals surface area contributed by atoms with Gasteiger partial charge in [0.1, 0.15) is 0 Å². The molecule has 1 N–H and O–H groups in total. The van der Waals surface area contributed by atoms with Crippen molar-refractivity contribution in [2.24, 2.45) is 0 Å². The van der Waals surface area contributed by atoms with Gasteiger partial charge in [0.2, 0.25) is 0 Å². The minimum absolute atomic E-state index is 0.136. The number of hydrogen-bond donors (Lipinski definition) is 1. The molecule has 3 aromatic rings. The second-order valence-corrected chi connectivity index (χ2v) is 7.63. The van der Waals surface area contributed by atoms with Crippen molar-refractivity contribution < 1.29 is 13.9 Å². The van der Waals surface area contributed by atoms with Crippen molar-refractivity contribution in [2.75, 3.05) is 0 Å². The Labute approximate surface area is 182 Å². The average Bonchev–Trinajstić information content (AvgIpc) is 2.77. The molecular weight excluding hydrogens is 392 g/mol. The average molecular weight is 420 g/mol. The molecule has 2 nitrogen and oxygen atoms in total. The number of halogens is 2. The van der Waals surface area contributed by atoms with Gasteiger partial charge in [0.25, 0.3) is 0 Å². The van der Waals surface area contributed by atoms with Crippen molar-refractivity contribution >= 4 is 6.08 Å². The van der Waals surface area contributed by atoms with Crippen LogP contribution in [-0.2, 0) is 6.42 Å². The van der Waals surface area contributed by atoms with E-state index in [1.807, 2.05) is 36.4 Å². The number of nitrogens with zero attached hydrogens (tertiary/aromatic N) is 1. The van der Waals surface area contributed by atoms with E-state index in [0.717, 1.165) is 24.0 Å². The lowest BCUT2D eigenvalue weighted by Crippen LogP contribution is -1.97. The summed E-state index contributed by atoms with van der Waals surface area (Å²) in [5.41, 5.74) is 3.82. The molecule has 0 saturated carbocycles. The summed E-state index contributed by atoms with van der Waals surface area (Å²) in [6, 6.07) is 14.8. The minimum atomic E-state index is -0.903. The van der Waals surface area contributed by atoms with Crippen LogP contribution >= 0.6 is 0 Å². The Bertz CT molecular complexity index is 1040. The molecule has 3 rings (SSSR count). The van der Waals surface area contributed by atoms with E-state index in [2.05, 4.69) is 11.6 Å². The maximum absolute atomic E-state index is 14.7. The standard InChI is InChI=1S/C27H27F2NO/c1-3-7-20-10-12-21(13-11-20)23-15-17-25(30-18-23)24-16-14-22(26(28)27(24)29)9-6-4-5-8-19(2)31/h3,6,9-19,31H,1,4-5,7-8H2,2H3/b9-6+. The van der Waals surface area contributed by atoms with Gasteiger partial charge in [-0.3, -0.25) is 4.98 Å². The largest absolute Gasteiger partial charge is 0.393 e. The van der Waals surface area contributed by atoms with Gasteiger partial charge in [-0.25, -0.2) is 8.78 Å². The van der Waals surface area contributed by atoms with Gasteiger partial charge in [0.15, 0.2) is 11.6 Å². The number of aromatic nitrogens is 1. The predicted molar refractivity (Wildman–Crippen MR) is 123 cm³/mol. The third-order valence-corrected chi connectivity index (χ3v) is 5.11. The molecule has 4 heteroatoms. The molecule has 0 aliphatic rings. The number of pyridine rings is 1. The van der Waals surface area contributed by atoms with Gasteiger partial charge >= 0.3 is 0 Å². The molecule has 0 aliphatic carbocycles. The number of benzene rings is 2. The third-order valence-electron chi connectivity index (χ3n) is 5.11. The SMILES string of the molecule is C=CCc1ccc(-c2ccc(-c3ccc(/C=C/CCCC(C)O)c(F)c3F)nc2)cc1. The first-order valence-electron chi connectivity index (χ1n) is 10.5. The fourth-order valence-electron chi connectivity index (χ4n) is 3.36. The number of aliphatic hydroxyl groups excluding tert-OH is 1. The monoisotopic (exact) mass is 419 g/mol. The number of hydrogen-bond acceptors (Lipinski definition) is 2. The van der Waals surface area contributed by atoms with Crippen LogP contribution in [0.4, 0.5) is 8.78 Å². The molecule has 0 amide bonds. The van der Waals surface area contributed by atoms with Crippen LogP contribution in [0.2, 0.25) is 0 Å². The quantitative estimate of drug-likeness (QED) is 0.300. The van der Waals surface area contributed by atoms with Crippen LogP contribution in [0.25, 0.3) is 28.5 Å². The van der Waals surface area contributed by atoms with Gasteiger partial charge in [-0.15, -0.1) is 6.58 Å². The summed E-state index contributed by atoms with van der Waals surface area (Å²) in [4.78, 5) is 4.35. The fraction of sp³-hybridized carbons (Fsp3) is 0.222. The van der Waals surface area contributed by atoms with Crippen molar-refractivity contribution in [3.8, 4) is 22.4 Å². The first-order chi connectivity index (χ1) is 15.0. The molecule has 1 heterocycles. The lowest BCUT2D eigenvalue weighted by molar-refractivity contribution is 0.182. The van der Waals surface area contributed by atoms with Crippen LogP contribution in [0.5, 0.6) is 0 Å². The highest BCUT2D eigenvalue weighted by Gasteiger charge is 2.14. The molecule has 0 fully saturated rings. The topological polar surface area (TPSA) is 33.1 Å². The van der Waals surface area contributed by atoms with Gasteiger partial charge in [0.05, 0.1) is 11.8 Å². The van der Waals surface area contributed by atoms with E-state index < -0.39 is 11.6 Å². The first-order valence-corrected chi connectivity index (χ1v) is 10.5. The minimum Gasteiger partial charge on any atom is -0.393 e. The molecule has 1 unspecified atom stereocenters. The molecule has 31 heavy (non-hydrogen) atoms. The van der Waals surface area contributed by atoms with Crippen LogP contribution in [0.15, 0.2) is 73.5 Å². The zero-order valence-corrected chi connectivity index (χ0v) is 17.7. The summed E-state index contributed by atoms with van der Waals surface area (Å²) in [5.74, 6) is -1.78. The van der Waals surface area contributed by atoms with Crippen LogP contribution in [-0.4, -0.2) is 16.2 Å². The Morgan fingerprint density at radius 1 is 1.00 bits per heavy atom. The van der Waals surface area contributed by atoms with Gasteiger partial charge < -0.3 is 5.11 Å². The van der Waals surface area contributed by atoms with Crippen LogP contribution in [0.3, 0.4) is 0 Å². The molecule has 0 bridgehead atoms. The summed E-state index contributed by atoms with van der Waals surface area (Å²) in [7, 11) is 0. The highest BCUT2D eigenvalue weighted by atomic mass is 19.2. The number of unbranched alkanes of at least 4 members (excludes halogenated alkanes) is 1. The van der Waals surface area contributed by atoms with E-state index in [1.54, 1.807) is 43.5 Å². The van der Waals surface area contributed by atoms with Crippen molar-refractivity contribution in [3.05, 3.63) is 96.2 Å². The van der Waals surface area contributed by atoms with Crippen LogP contribution in [0.1, 0.15) is 37.3 Å². The smallest absolute Gasteiger partial charge is 0.168 e. The molecule has 0 spiro atoms. The zero-order chi connectivity index (χ0) is 22.2. The van der Waals surface area contributed by atoms with Crippen molar-refractivity contribution in [3.63, 3.8) is 0 Å². The lowest BCUT2D eigenvalue weighted by Gasteiger charge is -2.08. The molecular formula is C27H27F2NO. The summed E-state index contributed by atoms with van der Waals surface area (Å²) >= 11 is 0.